The molecule has 1 heterocycles. The zero-order valence-electron chi connectivity index (χ0n) is 10.8. The van der Waals surface area contributed by atoms with Crippen molar-refractivity contribution >= 4 is 27.7 Å². The molecule has 0 fully saturated rings. The number of nitrogens with two attached hydrogens (primary N) is 1. The maximum Gasteiger partial charge on any atom is 0.104 e. The summed E-state index contributed by atoms with van der Waals surface area (Å²) < 4.78 is 1.09. The maximum atomic E-state index is 6.05. The first-order valence-corrected chi connectivity index (χ1v) is 7.93. The van der Waals surface area contributed by atoms with Crippen molar-refractivity contribution in [2.45, 2.75) is 35.7 Å². The third kappa shape index (κ3) is 4.06. The number of halogens is 1. The van der Waals surface area contributed by atoms with E-state index in [4.69, 9.17) is 5.73 Å². The van der Waals surface area contributed by atoms with E-state index in [-0.39, 0.29) is 6.04 Å². The second-order valence-electron chi connectivity index (χ2n) is 4.37. The summed E-state index contributed by atoms with van der Waals surface area (Å²) in [5.41, 5.74) is 7.27. The lowest BCUT2D eigenvalue weighted by atomic mass is 10.1. The molecule has 0 saturated carbocycles. The number of aromatic nitrogens is 1. The van der Waals surface area contributed by atoms with Gasteiger partial charge in [0.1, 0.15) is 5.03 Å². The highest BCUT2D eigenvalue weighted by Crippen LogP contribution is 2.34. The zero-order chi connectivity index (χ0) is 13.7. The molecule has 4 heteroatoms. The number of pyridine rings is 1. The predicted octanol–water partition coefficient (Wildman–Crippen LogP) is 4.28. The van der Waals surface area contributed by atoms with Gasteiger partial charge in [-0.05, 0) is 52.5 Å². The number of hydrogen-bond donors (Lipinski definition) is 1. The molecule has 19 heavy (non-hydrogen) atoms. The summed E-state index contributed by atoms with van der Waals surface area (Å²) >= 11 is 5.25. The van der Waals surface area contributed by atoms with Gasteiger partial charge in [-0.3, -0.25) is 0 Å². The molecule has 2 aromatic rings. The summed E-state index contributed by atoms with van der Waals surface area (Å²) in [7, 11) is 0. The van der Waals surface area contributed by atoms with Crippen LogP contribution in [0.3, 0.4) is 0 Å². The van der Waals surface area contributed by atoms with Gasteiger partial charge in [-0.2, -0.15) is 0 Å². The summed E-state index contributed by atoms with van der Waals surface area (Å²) in [4.78, 5) is 5.66. The van der Waals surface area contributed by atoms with Crippen LogP contribution < -0.4 is 5.73 Å². The molecule has 0 saturated heterocycles. The highest BCUT2D eigenvalue weighted by atomic mass is 79.9. The summed E-state index contributed by atoms with van der Waals surface area (Å²) in [6.07, 6.45) is 3.69. The Bertz CT molecular complexity index is 545. The lowest BCUT2D eigenvalue weighted by molar-refractivity contribution is 0.637. The van der Waals surface area contributed by atoms with E-state index >= 15 is 0 Å². The van der Waals surface area contributed by atoms with E-state index in [2.05, 4.69) is 40.0 Å². The van der Waals surface area contributed by atoms with Crippen LogP contribution in [0.4, 0.5) is 0 Å². The van der Waals surface area contributed by atoms with E-state index in [1.54, 1.807) is 11.8 Å². The van der Waals surface area contributed by atoms with Crippen LogP contribution in [-0.4, -0.2) is 11.0 Å². The fourth-order valence-corrected chi connectivity index (χ4v) is 3.17. The fraction of sp³-hybridized carbons (Fsp3) is 0.267. The van der Waals surface area contributed by atoms with E-state index in [1.165, 1.54) is 10.5 Å². The van der Waals surface area contributed by atoms with Crippen molar-refractivity contribution in [1.29, 1.82) is 0 Å². The number of benzene rings is 1. The quantitative estimate of drug-likeness (QED) is 0.885. The topological polar surface area (TPSA) is 38.9 Å². The highest BCUT2D eigenvalue weighted by Gasteiger charge is 2.10. The lowest BCUT2D eigenvalue weighted by Crippen LogP contribution is -2.21. The second kappa shape index (κ2) is 7.08. The van der Waals surface area contributed by atoms with Crippen LogP contribution in [0.25, 0.3) is 0 Å². The van der Waals surface area contributed by atoms with Crippen molar-refractivity contribution in [3.05, 3.63) is 52.6 Å². The van der Waals surface area contributed by atoms with E-state index in [0.29, 0.717) is 0 Å². The van der Waals surface area contributed by atoms with Gasteiger partial charge in [0.05, 0.1) is 0 Å². The van der Waals surface area contributed by atoms with Gasteiger partial charge in [-0.1, -0.05) is 36.9 Å². The van der Waals surface area contributed by atoms with Crippen LogP contribution in [-0.2, 0) is 6.42 Å². The lowest BCUT2D eigenvalue weighted by Gasteiger charge is -2.12. The van der Waals surface area contributed by atoms with Gasteiger partial charge in [0.2, 0.25) is 0 Å². The summed E-state index contributed by atoms with van der Waals surface area (Å²) in [6, 6.07) is 12.5. The van der Waals surface area contributed by atoms with Crippen LogP contribution >= 0.6 is 27.7 Å². The fourth-order valence-electron chi connectivity index (χ4n) is 1.73. The van der Waals surface area contributed by atoms with Crippen molar-refractivity contribution in [2.24, 2.45) is 5.73 Å². The van der Waals surface area contributed by atoms with Crippen molar-refractivity contribution < 1.29 is 0 Å². The van der Waals surface area contributed by atoms with Crippen LogP contribution in [0.1, 0.15) is 18.9 Å². The zero-order valence-corrected chi connectivity index (χ0v) is 13.2. The predicted molar refractivity (Wildman–Crippen MR) is 84.5 cm³/mol. The highest BCUT2D eigenvalue weighted by molar-refractivity contribution is 9.10. The van der Waals surface area contributed by atoms with E-state index in [9.17, 15) is 0 Å². The third-order valence-electron chi connectivity index (χ3n) is 2.90. The van der Waals surface area contributed by atoms with Gasteiger partial charge in [0.15, 0.2) is 0 Å². The molecule has 1 atom stereocenters. The second-order valence-corrected chi connectivity index (χ2v) is 6.26. The Morgan fingerprint density at radius 1 is 1.26 bits per heavy atom. The summed E-state index contributed by atoms with van der Waals surface area (Å²) in [6.45, 7) is 2.11. The molecule has 0 aliphatic rings. The molecule has 0 spiro atoms. The molecule has 2 N–H and O–H groups in total. The van der Waals surface area contributed by atoms with E-state index in [0.717, 1.165) is 22.3 Å². The first-order valence-electron chi connectivity index (χ1n) is 6.32. The van der Waals surface area contributed by atoms with Crippen molar-refractivity contribution in [1.82, 2.24) is 4.98 Å². The summed E-state index contributed by atoms with van der Waals surface area (Å²) in [5.74, 6) is 0. The SMILES string of the molecule is CCC(N)Cc1cccnc1Sc1ccccc1Br. The molecule has 2 rings (SSSR count). The molecule has 0 aliphatic heterocycles. The average molecular weight is 337 g/mol. The van der Waals surface area contributed by atoms with Crippen molar-refractivity contribution in [3.8, 4) is 0 Å². The minimum atomic E-state index is 0.197. The van der Waals surface area contributed by atoms with Crippen LogP contribution in [0, 0.1) is 0 Å². The Hall–Kier alpha value is -0.840. The van der Waals surface area contributed by atoms with Gasteiger partial charge in [-0.25, -0.2) is 4.98 Å². The number of nitrogens with zero attached hydrogens (tertiary/aromatic N) is 1. The molecular formula is C15H17BrN2S. The number of hydrogen-bond acceptors (Lipinski definition) is 3. The molecule has 0 aliphatic carbocycles. The van der Waals surface area contributed by atoms with Crippen LogP contribution in [0.5, 0.6) is 0 Å². The first-order chi connectivity index (χ1) is 9.20. The Balaban J connectivity index is 2.23. The molecule has 1 unspecified atom stereocenters. The largest absolute Gasteiger partial charge is 0.327 e. The van der Waals surface area contributed by atoms with Crippen molar-refractivity contribution in [3.63, 3.8) is 0 Å². The van der Waals surface area contributed by atoms with Crippen LogP contribution in [0.15, 0.2) is 57.0 Å². The molecule has 1 aromatic heterocycles. The van der Waals surface area contributed by atoms with Gasteiger partial charge in [0, 0.05) is 21.6 Å². The Kier molecular flexibility index (Phi) is 5.43. The van der Waals surface area contributed by atoms with Gasteiger partial charge >= 0.3 is 0 Å². The van der Waals surface area contributed by atoms with Gasteiger partial charge < -0.3 is 5.73 Å². The molecule has 0 radical (unpaired) electrons. The molecule has 2 nitrogen and oxygen atoms in total. The standard InChI is InChI=1S/C15H17BrN2S/c1-2-12(17)10-11-6-5-9-18-15(11)19-14-8-4-3-7-13(14)16/h3-9,12H,2,10,17H2,1H3. The molecule has 100 valence electrons. The Morgan fingerprint density at radius 3 is 2.79 bits per heavy atom. The van der Waals surface area contributed by atoms with Gasteiger partial charge in [-0.15, -0.1) is 0 Å². The summed E-state index contributed by atoms with van der Waals surface area (Å²) in [5, 5.41) is 1.04. The van der Waals surface area contributed by atoms with Crippen molar-refractivity contribution in [2.75, 3.05) is 0 Å². The average Bonchev–Trinajstić information content (AvgIpc) is 2.43. The minimum Gasteiger partial charge on any atom is -0.327 e. The number of rotatable bonds is 5. The monoisotopic (exact) mass is 336 g/mol. The molecule has 0 bridgehead atoms. The van der Waals surface area contributed by atoms with Crippen LogP contribution in [0.2, 0.25) is 0 Å². The molecular weight excluding hydrogens is 320 g/mol. The smallest absolute Gasteiger partial charge is 0.104 e. The maximum absolute atomic E-state index is 6.05. The van der Waals surface area contributed by atoms with E-state index in [1.807, 2.05) is 30.5 Å². The molecule has 0 amide bonds. The third-order valence-corrected chi connectivity index (χ3v) is 4.99. The van der Waals surface area contributed by atoms with E-state index < -0.39 is 0 Å². The minimum absolute atomic E-state index is 0.197. The normalized spacial score (nSPS) is 12.4. The van der Waals surface area contributed by atoms with Gasteiger partial charge in [0.25, 0.3) is 0 Å². The molecule has 1 aromatic carbocycles. The first kappa shape index (κ1) is 14.6. The Morgan fingerprint density at radius 2 is 2.05 bits per heavy atom. The Labute approximate surface area is 126 Å².